The van der Waals surface area contributed by atoms with E-state index in [0.717, 1.165) is 56.3 Å². The van der Waals surface area contributed by atoms with Crippen molar-refractivity contribution in [1.82, 2.24) is 9.80 Å². The lowest BCUT2D eigenvalue weighted by Crippen LogP contribution is -2.54. The monoisotopic (exact) mass is 576 g/mol. The molecule has 1 amide bonds. The average molecular weight is 578 g/mol. The molecule has 8 heteroatoms. The molecule has 0 aromatic heterocycles. The van der Waals surface area contributed by atoms with Crippen molar-refractivity contribution in [3.63, 3.8) is 0 Å². The maximum atomic E-state index is 13.8. The van der Waals surface area contributed by atoms with Crippen molar-refractivity contribution in [2.75, 3.05) is 32.8 Å². The van der Waals surface area contributed by atoms with Crippen molar-refractivity contribution in [1.29, 1.82) is 0 Å². The number of piperidine rings is 1. The van der Waals surface area contributed by atoms with Crippen LogP contribution in [0.4, 0.5) is 0 Å². The predicted octanol–water partition coefficient (Wildman–Crippen LogP) is 6.80. The number of hydrogen-bond acceptors (Lipinski definition) is 5. The SMILES string of the molecule is CC[C@@H](CN1CCOCC1)N1C(=O)[C@@H](CC(=O)OC(C)(C)C)CC[C@H]1c1ccc(Cl)cc1.Clc1ccccc1. The molecule has 0 unspecified atom stereocenters. The van der Waals surface area contributed by atoms with Gasteiger partial charge in [-0.15, -0.1) is 0 Å². The molecule has 0 saturated carbocycles. The molecule has 2 aromatic carbocycles. The molecule has 0 aliphatic carbocycles. The molecule has 2 aromatic rings. The molecule has 2 fully saturated rings. The average Bonchev–Trinajstić information content (AvgIpc) is 2.89. The molecule has 6 nitrogen and oxygen atoms in total. The fourth-order valence-electron chi connectivity index (χ4n) is 5.12. The van der Waals surface area contributed by atoms with Gasteiger partial charge in [0.25, 0.3) is 0 Å². The quantitative estimate of drug-likeness (QED) is 0.339. The second kappa shape index (κ2) is 15.0. The zero-order valence-corrected chi connectivity index (χ0v) is 25.1. The van der Waals surface area contributed by atoms with Gasteiger partial charge in [0.1, 0.15) is 5.60 Å². The Hall–Kier alpha value is -2.12. The molecule has 3 atom stereocenters. The Kier molecular flexibility index (Phi) is 12.1. The number of hydrogen-bond donors (Lipinski definition) is 0. The molecule has 0 spiro atoms. The standard InChI is InChI=1S/C25H37ClN2O4.C6H5Cl/c1-5-21(17-27-12-14-31-15-13-27)28-22(18-6-9-20(26)10-7-18)11-8-19(24(28)30)16-23(29)32-25(2,3)4;7-6-4-2-1-3-5-6/h6-7,9-10,19,21-22H,5,8,11-17H2,1-4H3;1-5H/t19-,21+,22+;/m1./s1. The molecule has 4 rings (SSSR count). The van der Waals surface area contributed by atoms with Crippen molar-refractivity contribution in [3.05, 3.63) is 70.2 Å². The van der Waals surface area contributed by atoms with Crippen LogP contribution in [0.3, 0.4) is 0 Å². The van der Waals surface area contributed by atoms with Gasteiger partial charge in [-0.05, 0) is 69.9 Å². The summed E-state index contributed by atoms with van der Waals surface area (Å²) >= 11 is 11.7. The minimum atomic E-state index is -0.553. The zero-order chi connectivity index (χ0) is 28.4. The number of benzene rings is 2. The number of ether oxygens (including phenoxy) is 2. The van der Waals surface area contributed by atoms with E-state index in [2.05, 4.69) is 16.7 Å². The second-order valence-electron chi connectivity index (χ2n) is 11.1. The maximum Gasteiger partial charge on any atom is 0.307 e. The van der Waals surface area contributed by atoms with Gasteiger partial charge in [-0.2, -0.15) is 0 Å². The molecule has 39 heavy (non-hydrogen) atoms. The summed E-state index contributed by atoms with van der Waals surface area (Å²) < 4.78 is 11.0. The molecule has 2 heterocycles. The summed E-state index contributed by atoms with van der Waals surface area (Å²) in [6.45, 7) is 11.7. The fraction of sp³-hybridized carbons (Fsp3) is 0.548. The number of carbonyl (C=O) groups excluding carboxylic acids is 2. The first-order valence-corrected chi connectivity index (χ1v) is 14.6. The van der Waals surface area contributed by atoms with Gasteiger partial charge in [0.15, 0.2) is 0 Å². The van der Waals surface area contributed by atoms with Gasteiger partial charge < -0.3 is 14.4 Å². The highest BCUT2D eigenvalue weighted by molar-refractivity contribution is 6.30. The molecule has 214 valence electrons. The van der Waals surface area contributed by atoms with Crippen LogP contribution >= 0.6 is 23.2 Å². The predicted molar refractivity (Wildman–Crippen MR) is 157 cm³/mol. The Morgan fingerprint density at radius 3 is 2.15 bits per heavy atom. The van der Waals surface area contributed by atoms with Gasteiger partial charge in [-0.25, -0.2) is 0 Å². The first-order valence-electron chi connectivity index (χ1n) is 13.9. The van der Waals surface area contributed by atoms with Crippen LogP contribution in [-0.2, 0) is 19.1 Å². The summed E-state index contributed by atoms with van der Waals surface area (Å²) in [5.41, 5.74) is 0.543. The van der Waals surface area contributed by atoms with E-state index in [9.17, 15) is 9.59 Å². The largest absolute Gasteiger partial charge is 0.460 e. The van der Waals surface area contributed by atoms with Crippen LogP contribution in [0, 0.1) is 5.92 Å². The van der Waals surface area contributed by atoms with Crippen molar-refractivity contribution in [2.24, 2.45) is 5.92 Å². The second-order valence-corrected chi connectivity index (χ2v) is 12.0. The first-order chi connectivity index (χ1) is 18.6. The Labute approximate surface area is 243 Å². The highest BCUT2D eigenvalue weighted by Gasteiger charge is 2.41. The third-order valence-electron chi connectivity index (χ3n) is 6.99. The van der Waals surface area contributed by atoms with E-state index >= 15 is 0 Å². The van der Waals surface area contributed by atoms with Crippen LogP contribution in [0.5, 0.6) is 0 Å². The molecule has 2 saturated heterocycles. The minimum Gasteiger partial charge on any atom is -0.460 e. The van der Waals surface area contributed by atoms with Crippen molar-refractivity contribution < 1.29 is 19.1 Å². The molecule has 2 aliphatic heterocycles. The number of esters is 1. The summed E-state index contributed by atoms with van der Waals surface area (Å²) in [6.07, 6.45) is 2.48. The van der Waals surface area contributed by atoms with Crippen LogP contribution in [0.1, 0.15) is 65.0 Å². The summed E-state index contributed by atoms with van der Waals surface area (Å²) in [5, 5.41) is 1.48. The van der Waals surface area contributed by atoms with Crippen LogP contribution in [-0.4, -0.2) is 66.2 Å². The molecule has 0 bridgehead atoms. The lowest BCUT2D eigenvalue weighted by molar-refractivity contribution is -0.161. The van der Waals surface area contributed by atoms with Crippen LogP contribution < -0.4 is 0 Å². The molecule has 2 aliphatic rings. The number of rotatable bonds is 7. The maximum absolute atomic E-state index is 13.8. The van der Waals surface area contributed by atoms with E-state index < -0.39 is 5.60 Å². The molecular formula is C31H42Cl2N2O4. The topological polar surface area (TPSA) is 59.1 Å². The summed E-state index contributed by atoms with van der Waals surface area (Å²) in [6, 6.07) is 17.3. The summed E-state index contributed by atoms with van der Waals surface area (Å²) in [7, 11) is 0. The van der Waals surface area contributed by atoms with Gasteiger partial charge in [0, 0.05) is 41.6 Å². The Morgan fingerprint density at radius 1 is 1.00 bits per heavy atom. The van der Waals surface area contributed by atoms with Crippen molar-refractivity contribution >= 4 is 35.1 Å². The van der Waals surface area contributed by atoms with E-state index in [-0.39, 0.29) is 36.3 Å². The van der Waals surface area contributed by atoms with Crippen LogP contribution in [0.2, 0.25) is 10.0 Å². The third-order valence-corrected chi connectivity index (χ3v) is 7.49. The fourth-order valence-corrected chi connectivity index (χ4v) is 5.39. The van der Waals surface area contributed by atoms with E-state index in [0.29, 0.717) is 11.4 Å². The van der Waals surface area contributed by atoms with Crippen molar-refractivity contribution in [2.45, 2.75) is 71.1 Å². The van der Waals surface area contributed by atoms with Gasteiger partial charge in [-0.1, -0.05) is 60.5 Å². The minimum absolute atomic E-state index is 0.0133. The highest BCUT2D eigenvalue weighted by Crippen LogP contribution is 2.38. The van der Waals surface area contributed by atoms with Crippen LogP contribution in [0.15, 0.2) is 54.6 Å². The Bertz CT molecular complexity index is 1040. The van der Waals surface area contributed by atoms with Gasteiger partial charge >= 0.3 is 5.97 Å². The Balaban J connectivity index is 0.000000520. The van der Waals surface area contributed by atoms with Gasteiger partial charge in [0.05, 0.1) is 25.7 Å². The number of morpholine rings is 1. The van der Waals surface area contributed by atoms with Gasteiger partial charge in [0.2, 0.25) is 5.91 Å². The normalized spacial score (nSPS) is 21.1. The van der Waals surface area contributed by atoms with E-state index in [1.165, 1.54) is 0 Å². The van der Waals surface area contributed by atoms with E-state index in [4.69, 9.17) is 32.7 Å². The van der Waals surface area contributed by atoms with E-state index in [1.54, 1.807) is 0 Å². The number of nitrogens with zero attached hydrogens (tertiary/aromatic N) is 2. The highest BCUT2D eigenvalue weighted by atomic mass is 35.5. The Morgan fingerprint density at radius 2 is 1.62 bits per heavy atom. The zero-order valence-electron chi connectivity index (χ0n) is 23.6. The van der Waals surface area contributed by atoms with Gasteiger partial charge in [-0.3, -0.25) is 14.5 Å². The molecular weight excluding hydrogens is 535 g/mol. The number of halogens is 2. The summed E-state index contributed by atoms with van der Waals surface area (Å²) in [5.74, 6) is -0.587. The molecule has 0 N–H and O–H groups in total. The lowest BCUT2D eigenvalue weighted by atomic mass is 9.85. The van der Waals surface area contributed by atoms with E-state index in [1.807, 2.05) is 75.4 Å². The van der Waals surface area contributed by atoms with Crippen molar-refractivity contribution in [3.8, 4) is 0 Å². The van der Waals surface area contributed by atoms with Crippen LogP contribution in [0.25, 0.3) is 0 Å². The smallest absolute Gasteiger partial charge is 0.307 e. The summed E-state index contributed by atoms with van der Waals surface area (Å²) in [4.78, 5) is 30.7. The first kappa shape index (κ1) is 31.4. The lowest BCUT2D eigenvalue weighted by Gasteiger charge is -2.45. The number of likely N-dealkylation sites (tertiary alicyclic amines) is 1. The third kappa shape index (κ3) is 10.1. The number of carbonyl (C=O) groups is 2. The molecule has 0 radical (unpaired) electrons. The number of amides is 1.